The lowest BCUT2D eigenvalue weighted by Gasteiger charge is -2.13. The normalized spacial score (nSPS) is 12.4. The fourth-order valence-electron chi connectivity index (χ4n) is 0.824. The van der Waals surface area contributed by atoms with Crippen molar-refractivity contribution >= 4 is 5.96 Å². The minimum atomic E-state index is 0.550. The molecule has 0 saturated heterocycles. The second-order valence-electron chi connectivity index (χ2n) is 3.96. The summed E-state index contributed by atoms with van der Waals surface area (Å²) in [6.45, 7) is 6.83. The standard InChI is InChI=1S/C9H23N5/c1-8(2)7-12-9(13-10)11-5-6-14(3)4/h8H,5-7,10H2,1-4H3,(H2,11,12,13). The number of rotatable bonds is 5. The third-order valence-electron chi connectivity index (χ3n) is 1.60. The number of nitrogens with two attached hydrogens (primary N) is 1. The van der Waals surface area contributed by atoms with Crippen molar-refractivity contribution in [3.63, 3.8) is 0 Å². The molecule has 0 unspecified atom stereocenters. The van der Waals surface area contributed by atoms with Gasteiger partial charge in [-0.25, -0.2) is 5.84 Å². The van der Waals surface area contributed by atoms with Gasteiger partial charge in [0.1, 0.15) is 0 Å². The summed E-state index contributed by atoms with van der Waals surface area (Å²) in [6.07, 6.45) is 0. The topological polar surface area (TPSA) is 65.7 Å². The third-order valence-corrected chi connectivity index (χ3v) is 1.60. The van der Waals surface area contributed by atoms with Crippen LogP contribution in [-0.2, 0) is 0 Å². The molecule has 0 bridgehead atoms. The molecule has 84 valence electrons. The fourth-order valence-corrected chi connectivity index (χ4v) is 0.824. The van der Waals surface area contributed by atoms with E-state index in [-0.39, 0.29) is 0 Å². The molecule has 0 fully saturated rings. The van der Waals surface area contributed by atoms with E-state index in [9.17, 15) is 0 Å². The molecule has 0 aliphatic rings. The van der Waals surface area contributed by atoms with Gasteiger partial charge >= 0.3 is 0 Å². The first-order valence-electron chi connectivity index (χ1n) is 4.96. The van der Waals surface area contributed by atoms with Crippen molar-refractivity contribution < 1.29 is 0 Å². The molecule has 0 aromatic rings. The highest BCUT2D eigenvalue weighted by Gasteiger charge is 1.96. The molecule has 5 heteroatoms. The number of hydrazine groups is 1. The summed E-state index contributed by atoms with van der Waals surface area (Å²) >= 11 is 0. The van der Waals surface area contributed by atoms with E-state index in [1.807, 2.05) is 14.1 Å². The fraction of sp³-hybridized carbons (Fsp3) is 0.889. The first-order valence-corrected chi connectivity index (χ1v) is 4.96. The first kappa shape index (κ1) is 13.2. The highest BCUT2D eigenvalue weighted by molar-refractivity contribution is 5.79. The Morgan fingerprint density at radius 3 is 2.50 bits per heavy atom. The van der Waals surface area contributed by atoms with Crippen LogP contribution in [0, 0.1) is 5.92 Å². The Labute approximate surface area is 86.7 Å². The van der Waals surface area contributed by atoms with Gasteiger partial charge < -0.3 is 10.2 Å². The summed E-state index contributed by atoms with van der Waals surface area (Å²) in [5, 5.41) is 3.13. The van der Waals surface area contributed by atoms with E-state index in [2.05, 4.69) is 34.5 Å². The number of nitrogens with one attached hydrogen (secondary N) is 2. The van der Waals surface area contributed by atoms with Crippen LogP contribution in [0.1, 0.15) is 13.8 Å². The van der Waals surface area contributed by atoms with Crippen molar-refractivity contribution in [3.8, 4) is 0 Å². The van der Waals surface area contributed by atoms with E-state index in [0.717, 1.165) is 19.6 Å². The summed E-state index contributed by atoms with van der Waals surface area (Å²) in [5.41, 5.74) is 2.55. The average Bonchev–Trinajstić information content (AvgIpc) is 2.10. The Kier molecular flexibility index (Phi) is 7.14. The van der Waals surface area contributed by atoms with Crippen LogP contribution in [0.4, 0.5) is 0 Å². The number of hydrogen-bond acceptors (Lipinski definition) is 3. The Balaban J connectivity index is 3.73. The van der Waals surface area contributed by atoms with E-state index in [4.69, 9.17) is 5.84 Å². The van der Waals surface area contributed by atoms with E-state index < -0.39 is 0 Å². The van der Waals surface area contributed by atoms with Gasteiger partial charge in [-0.1, -0.05) is 13.8 Å². The van der Waals surface area contributed by atoms with Crippen LogP contribution in [-0.4, -0.2) is 44.6 Å². The van der Waals surface area contributed by atoms with Crippen LogP contribution in [0.2, 0.25) is 0 Å². The Hall–Kier alpha value is -0.810. The number of likely N-dealkylation sites (N-methyl/N-ethyl adjacent to an activating group) is 1. The Bertz CT molecular complexity index is 165. The largest absolute Gasteiger partial charge is 0.354 e. The third kappa shape index (κ3) is 7.82. The molecule has 0 aromatic carbocycles. The predicted molar refractivity (Wildman–Crippen MR) is 61.0 cm³/mol. The van der Waals surface area contributed by atoms with Crippen molar-refractivity contribution in [1.82, 2.24) is 15.6 Å². The molecule has 0 rings (SSSR count). The van der Waals surface area contributed by atoms with Crippen molar-refractivity contribution in [3.05, 3.63) is 0 Å². The van der Waals surface area contributed by atoms with Gasteiger partial charge in [-0.2, -0.15) is 0 Å². The highest BCUT2D eigenvalue weighted by Crippen LogP contribution is 1.90. The molecule has 4 N–H and O–H groups in total. The molecule has 0 radical (unpaired) electrons. The number of aliphatic imine (C=N–C) groups is 1. The Morgan fingerprint density at radius 1 is 1.43 bits per heavy atom. The van der Waals surface area contributed by atoms with Crippen LogP contribution in [0.3, 0.4) is 0 Å². The second-order valence-corrected chi connectivity index (χ2v) is 3.96. The molecule has 5 nitrogen and oxygen atoms in total. The maximum absolute atomic E-state index is 5.32. The van der Waals surface area contributed by atoms with Gasteiger partial charge in [0.2, 0.25) is 5.96 Å². The summed E-state index contributed by atoms with van der Waals surface area (Å²) in [4.78, 5) is 6.39. The molecule has 0 aromatic heterocycles. The van der Waals surface area contributed by atoms with Gasteiger partial charge in [-0.3, -0.25) is 10.4 Å². The average molecular weight is 201 g/mol. The van der Waals surface area contributed by atoms with Crippen LogP contribution < -0.4 is 16.6 Å². The quantitative estimate of drug-likeness (QED) is 0.245. The number of guanidine groups is 1. The smallest absolute Gasteiger partial charge is 0.205 e. The Morgan fingerprint density at radius 2 is 2.07 bits per heavy atom. The lowest BCUT2D eigenvalue weighted by atomic mass is 10.2. The lowest BCUT2D eigenvalue weighted by molar-refractivity contribution is 0.411. The van der Waals surface area contributed by atoms with Crippen LogP contribution in [0.5, 0.6) is 0 Å². The van der Waals surface area contributed by atoms with Gasteiger partial charge in [0.15, 0.2) is 0 Å². The summed E-state index contributed by atoms with van der Waals surface area (Å²) in [7, 11) is 4.06. The van der Waals surface area contributed by atoms with Crippen LogP contribution in [0.15, 0.2) is 4.99 Å². The lowest BCUT2D eigenvalue weighted by Crippen LogP contribution is -2.44. The summed E-state index contributed by atoms with van der Waals surface area (Å²) < 4.78 is 0. The van der Waals surface area contributed by atoms with Crippen molar-refractivity contribution in [2.24, 2.45) is 16.8 Å². The van der Waals surface area contributed by atoms with Gasteiger partial charge in [0.05, 0.1) is 0 Å². The van der Waals surface area contributed by atoms with Crippen LogP contribution in [0.25, 0.3) is 0 Å². The molecule has 0 aliphatic heterocycles. The maximum Gasteiger partial charge on any atom is 0.205 e. The minimum absolute atomic E-state index is 0.550. The molecule has 14 heavy (non-hydrogen) atoms. The van der Waals surface area contributed by atoms with Crippen molar-refractivity contribution in [1.29, 1.82) is 0 Å². The molecule has 0 amide bonds. The zero-order valence-electron chi connectivity index (χ0n) is 9.67. The van der Waals surface area contributed by atoms with Gasteiger partial charge in [0.25, 0.3) is 0 Å². The zero-order chi connectivity index (χ0) is 11.0. The monoisotopic (exact) mass is 201 g/mol. The number of nitrogens with zero attached hydrogens (tertiary/aromatic N) is 2. The van der Waals surface area contributed by atoms with E-state index in [1.54, 1.807) is 0 Å². The molecule has 0 saturated carbocycles. The summed E-state index contributed by atoms with van der Waals surface area (Å²) in [5.74, 6) is 6.54. The van der Waals surface area contributed by atoms with Crippen molar-refractivity contribution in [2.75, 3.05) is 33.7 Å². The SMILES string of the molecule is CC(C)CN=C(NN)NCCN(C)C. The van der Waals surface area contributed by atoms with Crippen LogP contribution >= 0.6 is 0 Å². The molecular weight excluding hydrogens is 178 g/mol. The van der Waals surface area contributed by atoms with Gasteiger partial charge in [-0.15, -0.1) is 0 Å². The summed E-state index contributed by atoms with van der Waals surface area (Å²) in [6, 6.07) is 0. The number of hydrogen-bond donors (Lipinski definition) is 3. The van der Waals surface area contributed by atoms with Gasteiger partial charge in [-0.05, 0) is 20.0 Å². The second kappa shape index (κ2) is 7.58. The van der Waals surface area contributed by atoms with Crippen molar-refractivity contribution in [2.45, 2.75) is 13.8 Å². The van der Waals surface area contributed by atoms with E-state index in [1.165, 1.54) is 0 Å². The van der Waals surface area contributed by atoms with E-state index >= 15 is 0 Å². The molecule has 0 heterocycles. The first-order chi connectivity index (χ1) is 6.56. The zero-order valence-corrected chi connectivity index (χ0v) is 9.67. The predicted octanol–water partition coefficient (Wildman–Crippen LogP) is -0.387. The maximum atomic E-state index is 5.32. The van der Waals surface area contributed by atoms with E-state index in [0.29, 0.717) is 11.9 Å². The van der Waals surface area contributed by atoms with Gasteiger partial charge in [0, 0.05) is 19.6 Å². The highest BCUT2D eigenvalue weighted by atomic mass is 15.3. The molecule has 0 spiro atoms. The molecule has 0 aliphatic carbocycles. The molecular formula is C9H23N5. The molecule has 0 atom stereocenters. The minimum Gasteiger partial charge on any atom is -0.354 e.